The molecule has 0 fully saturated rings. The van der Waals surface area contributed by atoms with Crippen molar-refractivity contribution >= 4 is 46.3 Å². The molecule has 0 aliphatic carbocycles. The van der Waals surface area contributed by atoms with Crippen molar-refractivity contribution in [1.82, 2.24) is 5.32 Å². The smallest absolute Gasteiger partial charge is 0.265 e. The number of primary amides is 1. The quantitative estimate of drug-likeness (QED) is 0.466. The number of rotatable bonds is 7. The normalized spacial score (nSPS) is 10.1. The summed E-state index contributed by atoms with van der Waals surface area (Å²) in [6.45, 7) is -0.249. The van der Waals surface area contributed by atoms with Crippen molar-refractivity contribution in [2.24, 2.45) is 5.73 Å². The number of nitrogens with one attached hydrogen (secondary N) is 3. The van der Waals surface area contributed by atoms with Gasteiger partial charge < -0.3 is 21.7 Å². The second-order valence-corrected chi connectivity index (χ2v) is 7.14. The van der Waals surface area contributed by atoms with E-state index >= 15 is 0 Å². The molecule has 0 saturated heterocycles. The summed E-state index contributed by atoms with van der Waals surface area (Å²) in [7, 11) is 0. The first kappa shape index (κ1) is 20.7. The lowest BCUT2D eigenvalue weighted by atomic mass is 10.1. The predicted molar refractivity (Wildman–Crippen MR) is 115 cm³/mol. The first-order valence-electron chi connectivity index (χ1n) is 8.85. The van der Waals surface area contributed by atoms with Crippen LogP contribution in [0.2, 0.25) is 0 Å². The Hall–Kier alpha value is -3.98. The van der Waals surface area contributed by atoms with Crippen molar-refractivity contribution in [3.05, 3.63) is 82.0 Å². The van der Waals surface area contributed by atoms with E-state index in [1.165, 1.54) is 23.5 Å². The van der Waals surface area contributed by atoms with Crippen LogP contribution in [0, 0.1) is 0 Å². The third-order valence-corrected chi connectivity index (χ3v) is 4.85. The molecule has 2 aromatic carbocycles. The Labute approximate surface area is 176 Å². The molecular formula is C21H18N4O4S. The lowest BCUT2D eigenvalue weighted by Crippen LogP contribution is -2.33. The number of hydrogen-bond acceptors (Lipinski definition) is 5. The van der Waals surface area contributed by atoms with Gasteiger partial charge in [-0.3, -0.25) is 19.2 Å². The maximum absolute atomic E-state index is 12.4. The third-order valence-electron chi connectivity index (χ3n) is 3.98. The number of anilines is 2. The fraction of sp³-hybridized carbons (Fsp3) is 0.0476. The minimum Gasteiger partial charge on any atom is -0.368 e. The molecule has 30 heavy (non-hydrogen) atoms. The Morgan fingerprint density at radius 2 is 1.27 bits per heavy atom. The Bertz CT molecular complexity index is 1060. The maximum atomic E-state index is 12.4. The molecule has 3 aromatic rings. The van der Waals surface area contributed by atoms with Crippen LogP contribution in [0.1, 0.15) is 30.4 Å². The van der Waals surface area contributed by atoms with Crippen molar-refractivity contribution in [3.8, 4) is 0 Å². The molecule has 0 saturated carbocycles. The molecule has 0 aliphatic rings. The van der Waals surface area contributed by atoms with Gasteiger partial charge in [-0.15, -0.1) is 11.3 Å². The SMILES string of the molecule is NC(=O)CNC(=O)c1ccc(NC(=O)c2ccc(NC(=O)c3cccs3)cc2)cc1. The van der Waals surface area contributed by atoms with Gasteiger partial charge in [0.2, 0.25) is 5.91 Å². The zero-order valence-electron chi connectivity index (χ0n) is 15.7. The van der Waals surface area contributed by atoms with Gasteiger partial charge in [0.1, 0.15) is 0 Å². The van der Waals surface area contributed by atoms with Crippen LogP contribution in [0.3, 0.4) is 0 Å². The van der Waals surface area contributed by atoms with Gasteiger partial charge >= 0.3 is 0 Å². The molecule has 1 aromatic heterocycles. The highest BCUT2D eigenvalue weighted by Crippen LogP contribution is 2.16. The zero-order chi connectivity index (χ0) is 21.5. The number of amides is 4. The van der Waals surface area contributed by atoms with E-state index in [1.807, 2.05) is 5.38 Å². The van der Waals surface area contributed by atoms with E-state index in [2.05, 4.69) is 16.0 Å². The molecule has 0 aliphatic heterocycles. The van der Waals surface area contributed by atoms with Gasteiger partial charge in [-0.05, 0) is 60.0 Å². The van der Waals surface area contributed by atoms with Gasteiger partial charge in [0.15, 0.2) is 0 Å². The molecule has 9 heteroatoms. The summed E-state index contributed by atoms with van der Waals surface area (Å²) < 4.78 is 0. The van der Waals surface area contributed by atoms with Crippen molar-refractivity contribution in [2.75, 3.05) is 17.2 Å². The topological polar surface area (TPSA) is 130 Å². The minimum absolute atomic E-state index is 0.206. The highest BCUT2D eigenvalue weighted by atomic mass is 32.1. The lowest BCUT2D eigenvalue weighted by Gasteiger charge is -2.08. The molecule has 5 N–H and O–H groups in total. The standard InChI is InChI=1S/C21H18N4O4S/c22-18(26)12-23-19(27)13-3-7-15(8-4-13)24-20(28)14-5-9-16(10-6-14)25-21(29)17-2-1-11-30-17/h1-11H,12H2,(H2,22,26)(H,23,27)(H,24,28)(H,25,29). The summed E-state index contributed by atoms with van der Waals surface area (Å²) in [6.07, 6.45) is 0. The molecule has 1 heterocycles. The van der Waals surface area contributed by atoms with E-state index < -0.39 is 11.8 Å². The van der Waals surface area contributed by atoms with Crippen LogP contribution in [-0.2, 0) is 4.79 Å². The lowest BCUT2D eigenvalue weighted by molar-refractivity contribution is -0.117. The monoisotopic (exact) mass is 422 g/mol. The highest BCUT2D eigenvalue weighted by Gasteiger charge is 2.10. The van der Waals surface area contributed by atoms with E-state index in [4.69, 9.17) is 5.73 Å². The van der Waals surface area contributed by atoms with E-state index in [-0.39, 0.29) is 18.4 Å². The highest BCUT2D eigenvalue weighted by molar-refractivity contribution is 7.12. The fourth-order valence-corrected chi connectivity index (χ4v) is 3.10. The Kier molecular flexibility index (Phi) is 6.56. The van der Waals surface area contributed by atoms with Gasteiger partial charge in [-0.25, -0.2) is 0 Å². The summed E-state index contributed by atoms with van der Waals surface area (Å²) in [5.41, 5.74) is 6.81. The Balaban J connectivity index is 1.57. The molecule has 3 rings (SSSR count). The van der Waals surface area contributed by atoms with Crippen molar-refractivity contribution in [1.29, 1.82) is 0 Å². The molecule has 152 valence electrons. The second-order valence-electron chi connectivity index (χ2n) is 6.19. The number of thiophene rings is 1. The summed E-state index contributed by atoms with van der Waals surface area (Å²) >= 11 is 1.34. The predicted octanol–water partition coefficient (Wildman–Crippen LogP) is 2.47. The van der Waals surface area contributed by atoms with Crippen molar-refractivity contribution in [3.63, 3.8) is 0 Å². The molecule has 0 radical (unpaired) electrons. The minimum atomic E-state index is -0.635. The fourth-order valence-electron chi connectivity index (χ4n) is 2.48. The molecule has 0 spiro atoms. The van der Waals surface area contributed by atoms with E-state index in [0.717, 1.165) is 0 Å². The molecule has 0 atom stereocenters. The largest absolute Gasteiger partial charge is 0.368 e. The molecular weight excluding hydrogens is 404 g/mol. The van der Waals surface area contributed by atoms with E-state index in [0.29, 0.717) is 27.4 Å². The van der Waals surface area contributed by atoms with Crippen molar-refractivity contribution < 1.29 is 19.2 Å². The Morgan fingerprint density at radius 1 is 0.733 bits per heavy atom. The van der Waals surface area contributed by atoms with E-state index in [9.17, 15) is 19.2 Å². The van der Waals surface area contributed by atoms with Crippen molar-refractivity contribution in [2.45, 2.75) is 0 Å². The molecule has 0 unspecified atom stereocenters. The number of hydrogen-bond donors (Lipinski definition) is 4. The zero-order valence-corrected chi connectivity index (χ0v) is 16.5. The van der Waals surface area contributed by atoms with Crippen LogP contribution in [0.15, 0.2) is 66.0 Å². The maximum Gasteiger partial charge on any atom is 0.265 e. The summed E-state index contributed by atoms with van der Waals surface area (Å²) in [5, 5.41) is 9.70. The first-order chi connectivity index (χ1) is 14.4. The second kappa shape index (κ2) is 9.48. The number of carbonyl (C=O) groups is 4. The van der Waals surface area contributed by atoms with Crippen LogP contribution in [0.25, 0.3) is 0 Å². The molecule has 0 bridgehead atoms. The molecule has 4 amide bonds. The van der Waals surface area contributed by atoms with Crippen LogP contribution in [0.4, 0.5) is 11.4 Å². The van der Waals surface area contributed by atoms with Crippen LogP contribution >= 0.6 is 11.3 Å². The average molecular weight is 422 g/mol. The summed E-state index contributed by atoms with van der Waals surface area (Å²) in [6, 6.07) is 16.2. The van der Waals surface area contributed by atoms with Gasteiger partial charge in [0.05, 0.1) is 11.4 Å². The first-order valence-corrected chi connectivity index (χ1v) is 9.73. The number of nitrogens with two attached hydrogens (primary N) is 1. The Morgan fingerprint density at radius 3 is 1.77 bits per heavy atom. The number of carbonyl (C=O) groups excluding carboxylic acids is 4. The summed E-state index contributed by atoms with van der Waals surface area (Å²) in [5.74, 6) is -1.62. The van der Waals surface area contributed by atoms with Gasteiger partial charge in [-0.1, -0.05) is 6.07 Å². The van der Waals surface area contributed by atoms with E-state index in [1.54, 1.807) is 48.5 Å². The average Bonchev–Trinajstić information content (AvgIpc) is 3.28. The van der Waals surface area contributed by atoms with Crippen LogP contribution in [0.5, 0.6) is 0 Å². The molecule has 8 nitrogen and oxygen atoms in total. The summed E-state index contributed by atoms with van der Waals surface area (Å²) in [4.78, 5) is 47.6. The van der Waals surface area contributed by atoms with Gasteiger partial charge in [-0.2, -0.15) is 0 Å². The van der Waals surface area contributed by atoms with Crippen LogP contribution in [-0.4, -0.2) is 30.2 Å². The third kappa shape index (κ3) is 5.52. The number of benzene rings is 2. The van der Waals surface area contributed by atoms with Gasteiger partial charge in [0.25, 0.3) is 17.7 Å². The van der Waals surface area contributed by atoms with Gasteiger partial charge in [0, 0.05) is 22.5 Å². The van der Waals surface area contributed by atoms with Crippen LogP contribution < -0.4 is 21.7 Å².